The van der Waals surface area contributed by atoms with E-state index in [0.717, 1.165) is 25.2 Å². The van der Waals surface area contributed by atoms with Crippen LogP contribution >= 0.6 is 0 Å². The van der Waals surface area contributed by atoms with Gasteiger partial charge in [0.15, 0.2) is 12.6 Å². The molecule has 1 fully saturated rings. The van der Waals surface area contributed by atoms with E-state index in [2.05, 4.69) is 10.1 Å². The molecule has 1 aromatic heterocycles. The van der Waals surface area contributed by atoms with Crippen LogP contribution in [0.1, 0.15) is 77.7 Å². The molecule has 0 radical (unpaired) electrons. The third-order valence-electron chi connectivity index (χ3n) is 7.11. The maximum absolute atomic E-state index is 15.5. The number of hydrogen-bond acceptors (Lipinski definition) is 4. The van der Waals surface area contributed by atoms with Gasteiger partial charge < -0.3 is 4.74 Å². The maximum atomic E-state index is 15.5. The van der Waals surface area contributed by atoms with E-state index in [-0.39, 0.29) is 18.3 Å². The number of halogens is 2. The summed E-state index contributed by atoms with van der Waals surface area (Å²) in [6, 6.07) is 10.1. The van der Waals surface area contributed by atoms with Gasteiger partial charge in [0.1, 0.15) is 18.0 Å². The van der Waals surface area contributed by atoms with E-state index in [0.29, 0.717) is 28.9 Å². The molecule has 0 saturated heterocycles. The summed E-state index contributed by atoms with van der Waals surface area (Å²) in [5, 5.41) is 4.39. The zero-order valence-corrected chi connectivity index (χ0v) is 22.1. The molecule has 1 saturated carbocycles. The summed E-state index contributed by atoms with van der Waals surface area (Å²) >= 11 is 0. The molecular formula is C30H37F2N3O2. The SMILES string of the molecule is CC(C)(C)C(=O)OCn1cnc(-c2cccc(-c3ccc(F)c(CCCCC4CCCCC4)c3F)c2)n1. The molecule has 1 heterocycles. The summed E-state index contributed by atoms with van der Waals surface area (Å²) in [4.78, 5) is 16.3. The van der Waals surface area contributed by atoms with Crippen LogP contribution in [0.15, 0.2) is 42.7 Å². The van der Waals surface area contributed by atoms with Gasteiger partial charge in [-0.15, -0.1) is 5.10 Å². The van der Waals surface area contributed by atoms with Gasteiger partial charge in [-0.2, -0.15) is 0 Å². The Morgan fingerprint density at radius 3 is 2.57 bits per heavy atom. The molecule has 0 amide bonds. The third kappa shape index (κ3) is 7.02. The quantitative estimate of drug-likeness (QED) is 0.219. The van der Waals surface area contributed by atoms with Gasteiger partial charge in [0.25, 0.3) is 0 Å². The highest BCUT2D eigenvalue weighted by Gasteiger charge is 2.23. The van der Waals surface area contributed by atoms with Crippen LogP contribution in [0.2, 0.25) is 0 Å². The number of carbonyl (C=O) groups excluding carboxylic acids is 1. The van der Waals surface area contributed by atoms with Crippen LogP contribution in [0.3, 0.4) is 0 Å². The maximum Gasteiger partial charge on any atom is 0.313 e. The van der Waals surface area contributed by atoms with Crippen molar-refractivity contribution >= 4 is 5.97 Å². The van der Waals surface area contributed by atoms with Crippen LogP contribution in [-0.4, -0.2) is 20.7 Å². The van der Waals surface area contributed by atoms with E-state index in [9.17, 15) is 9.18 Å². The molecule has 0 N–H and O–H groups in total. The van der Waals surface area contributed by atoms with Gasteiger partial charge in [-0.05, 0) is 63.3 Å². The Bertz CT molecular complexity index is 1210. The van der Waals surface area contributed by atoms with Crippen molar-refractivity contribution in [1.29, 1.82) is 0 Å². The Labute approximate surface area is 218 Å². The van der Waals surface area contributed by atoms with Crippen molar-refractivity contribution in [2.24, 2.45) is 11.3 Å². The number of benzene rings is 2. The van der Waals surface area contributed by atoms with E-state index in [1.165, 1.54) is 55.2 Å². The van der Waals surface area contributed by atoms with E-state index < -0.39 is 17.0 Å². The van der Waals surface area contributed by atoms with Crippen LogP contribution in [0.4, 0.5) is 8.78 Å². The highest BCUT2D eigenvalue weighted by atomic mass is 19.1. The van der Waals surface area contributed by atoms with Gasteiger partial charge >= 0.3 is 5.97 Å². The van der Waals surface area contributed by atoms with Crippen LogP contribution in [-0.2, 0) is 22.7 Å². The van der Waals surface area contributed by atoms with E-state index in [4.69, 9.17) is 4.74 Å². The molecule has 5 nitrogen and oxygen atoms in total. The Balaban J connectivity index is 1.44. The lowest BCUT2D eigenvalue weighted by atomic mass is 9.85. The predicted octanol–water partition coefficient (Wildman–Crippen LogP) is 7.73. The zero-order valence-electron chi connectivity index (χ0n) is 22.1. The smallest absolute Gasteiger partial charge is 0.313 e. The molecule has 2 aromatic carbocycles. The van der Waals surface area contributed by atoms with Crippen molar-refractivity contribution in [3.63, 3.8) is 0 Å². The van der Waals surface area contributed by atoms with Crippen molar-refractivity contribution in [3.05, 3.63) is 59.9 Å². The average Bonchev–Trinajstić information content (AvgIpc) is 3.36. The summed E-state index contributed by atoms with van der Waals surface area (Å²) in [5.41, 5.74) is 1.24. The van der Waals surface area contributed by atoms with E-state index >= 15 is 4.39 Å². The number of unbranched alkanes of at least 4 members (excludes halogenated alkanes) is 1. The Hall–Kier alpha value is -3.09. The number of ether oxygens (including phenoxy) is 1. The molecule has 0 unspecified atom stereocenters. The summed E-state index contributed by atoms with van der Waals surface area (Å²) in [5.74, 6) is -0.106. The van der Waals surface area contributed by atoms with Crippen molar-refractivity contribution in [2.45, 2.75) is 85.3 Å². The molecule has 0 spiro atoms. The lowest BCUT2D eigenvalue weighted by Gasteiger charge is -2.21. The van der Waals surface area contributed by atoms with Crippen LogP contribution < -0.4 is 0 Å². The van der Waals surface area contributed by atoms with Crippen molar-refractivity contribution in [1.82, 2.24) is 14.8 Å². The summed E-state index contributed by atoms with van der Waals surface area (Å²) in [6.07, 6.45) is 11.4. The fourth-order valence-corrected chi connectivity index (χ4v) is 4.92. The Kier molecular flexibility index (Phi) is 8.72. The number of aromatic nitrogens is 3. The molecule has 4 rings (SSSR count). The van der Waals surface area contributed by atoms with Crippen molar-refractivity contribution < 1.29 is 18.3 Å². The van der Waals surface area contributed by atoms with Gasteiger partial charge in [-0.25, -0.2) is 18.4 Å². The second kappa shape index (κ2) is 12.0. The number of nitrogens with zero attached hydrogens (tertiary/aromatic N) is 3. The molecule has 0 bridgehead atoms. The molecule has 7 heteroatoms. The fraction of sp³-hybridized carbons (Fsp3) is 0.500. The third-order valence-corrected chi connectivity index (χ3v) is 7.11. The number of rotatable bonds is 9. The molecule has 1 aliphatic carbocycles. The molecule has 1 aliphatic rings. The first-order valence-electron chi connectivity index (χ1n) is 13.4. The predicted molar refractivity (Wildman–Crippen MR) is 140 cm³/mol. The summed E-state index contributed by atoms with van der Waals surface area (Å²) < 4.78 is 36.8. The van der Waals surface area contributed by atoms with E-state index in [1.54, 1.807) is 39.0 Å². The van der Waals surface area contributed by atoms with Gasteiger partial charge in [0.2, 0.25) is 0 Å². The molecule has 0 atom stereocenters. The topological polar surface area (TPSA) is 57.0 Å². The first-order valence-corrected chi connectivity index (χ1v) is 13.4. The summed E-state index contributed by atoms with van der Waals surface area (Å²) in [6.45, 7) is 5.31. The zero-order chi connectivity index (χ0) is 26.4. The lowest BCUT2D eigenvalue weighted by molar-refractivity contribution is -0.157. The Morgan fingerprint density at radius 1 is 1.05 bits per heavy atom. The minimum atomic E-state index is -0.606. The Morgan fingerprint density at radius 2 is 1.81 bits per heavy atom. The average molecular weight is 510 g/mol. The number of carbonyl (C=O) groups is 1. The highest BCUT2D eigenvalue weighted by molar-refractivity contribution is 5.75. The van der Waals surface area contributed by atoms with Crippen LogP contribution in [0.5, 0.6) is 0 Å². The summed E-state index contributed by atoms with van der Waals surface area (Å²) in [7, 11) is 0. The second-order valence-electron chi connectivity index (χ2n) is 11.1. The minimum absolute atomic E-state index is 0.0422. The van der Waals surface area contributed by atoms with E-state index in [1.807, 2.05) is 6.07 Å². The van der Waals surface area contributed by atoms with Gasteiger partial charge in [-0.3, -0.25) is 4.79 Å². The number of hydrogen-bond donors (Lipinski definition) is 0. The first-order chi connectivity index (χ1) is 17.7. The van der Waals surface area contributed by atoms with Crippen LogP contribution in [0, 0.1) is 23.0 Å². The normalized spacial score (nSPS) is 14.6. The van der Waals surface area contributed by atoms with Gasteiger partial charge in [-0.1, -0.05) is 63.1 Å². The molecule has 0 aliphatic heterocycles. The highest BCUT2D eigenvalue weighted by Crippen LogP contribution is 2.31. The largest absolute Gasteiger partial charge is 0.442 e. The second-order valence-corrected chi connectivity index (χ2v) is 11.1. The number of esters is 1. The molecule has 198 valence electrons. The first kappa shape index (κ1) is 27.0. The standard InChI is InChI=1S/C30H37F2N3O2/c1-30(2,3)29(36)37-20-35-19-33-28(34-35)23-14-9-13-22(18-23)24-16-17-26(31)25(27(24)32)15-8-7-12-21-10-5-4-6-11-21/h9,13-14,16-19,21H,4-8,10-12,15,20H2,1-3H3. The van der Waals surface area contributed by atoms with Crippen LogP contribution in [0.25, 0.3) is 22.5 Å². The molecular weight excluding hydrogens is 472 g/mol. The lowest BCUT2D eigenvalue weighted by Crippen LogP contribution is -2.24. The minimum Gasteiger partial charge on any atom is -0.442 e. The monoisotopic (exact) mass is 509 g/mol. The van der Waals surface area contributed by atoms with Gasteiger partial charge in [0, 0.05) is 16.7 Å². The fourth-order valence-electron chi connectivity index (χ4n) is 4.92. The van der Waals surface area contributed by atoms with Crippen molar-refractivity contribution in [2.75, 3.05) is 0 Å². The molecule has 37 heavy (non-hydrogen) atoms. The van der Waals surface area contributed by atoms with Crippen molar-refractivity contribution in [3.8, 4) is 22.5 Å². The van der Waals surface area contributed by atoms with Gasteiger partial charge in [0.05, 0.1) is 5.41 Å². The molecule has 3 aromatic rings.